The molecule has 0 amide bonds. The van der Waals surface area contributed by atoms with Gasteiger partial charge in [0.1, 0.15) is 6.04 Å². The van der Waals surface area contributed by atoms with Crippen LogP contribution in [0.2, 0.25) is 0 Å². The van der Waals surface area contributed by atoms with Crippen molar-refractivity contribution < 1.29 is 48.0 Å². The van der Waals surface area contributed by atoms with E-state index in [2.05, 4.69) is 0 Å². The highest BCUT2D eigenvalue weighted by Crippen LogP contribution is 2.36. The molecule has 41 heavy (non-hydrogen) atoms. The van der Waals surface area contributed by atoms with E-state index < -0.39 is 47.5 Å². The molecule has 0 fully saturated rings. The van der Waals surface area contributed by atoms with Crippen LogP contribution in [0.5, 0.6) is 11.5 Å². The van der Waals surface area contributed by atoms with Gasteiger partial charge in [0.25, 0.3) is 0 Å². The third-order valence-corrected chi connectivity index (χ3v) is 6.87. The fourth-order valence-electron chi connectivity index (χ4n) is 3.84. The Hall–Kier alpha value is -3.34. The normalized spacial score (nSPS) is 13.4. The molecule has 3 N–H and O–H groups in total. The van der Waals surface area contributed by atoms with E-state index in [1.165, 1.54) is 18.2 Å². The average molecular weight is 582 g/mol. The van der Waals surface area contributed by atoms with Crippen molar-refractivity contribution in [2.45, 2.75) is 98.4 Å². The molecule has 1 aromatic carbocycles. The largest absolute Gasteiger partial charge is 0.513 e. The van der Waals surface area contributed by atoms with Crippen LogP contribution < -0.4 is 15.2 Å². The van der Waals surface area contributed by atoms with Gasteiger partial charge in [-0.25, -0.2) is 9.59 Å². The molecule has 0 spiro atoms. The number of carbonyl (C=O) groups is 4. The number of aliphatic carboxylic acids is 1. The van der Waals surface area contributed by atoms with Crippen LogP contribution in [0.1, 0.15) is 98.0 Å². The van der Waals surface area contributed by atoms with Crippen LogP contribution in [0, 0.1) is 11.3 Å². The number of carbonyl (C=O) groups excluding carboxylic acids is 3. The number of nitrogens with two attached hydrogens (primary N) is 1. The van der Waals surface area contributed by atoms with E-state index in [0.29, 0.717) is 24.8 Å². The number of carboxylic acids is 1. The monoisotopic (exact) mass is 581 g/mol. The van der Waals surface area contributed by atoms with Crippen LogP contribution in [0.15, 0.2) is 18.2 Å². The summed E-state index contributed by atoms with van der Waals surface area (Å²) < 4.78 is 26.4. The van der Waals surface area contributed by atoms with Crippen LogP contribution >= 0.6 is 0 Å². The number of esters is 1. The molecule has 0 heterocycles. The Morgan fingerprint density at radius 2 is 1.39 bits per heavy atom. The van der Waals surface area contributed by atoms with Crippen molar-refractivity contribution in [1.29, 1.82) is 0 Å². The lowest BCUT2D eigenvalue weighted by Gasteiger charge is -2.29. The zero-order chi connectivity index (χ0) is 31.0. The van der Waals surface area contributed by atoms with Gasteiger partial charge in [-0.05, 0) is 56.7 Å². The average Bonchev–Trinajstić information content (AvgIpc) is 2.93. The minimum Gasteiger partial charge on any atom is -0.480 e. The lowest BCUT2D eigenvalue weighted by Crippen LogP contribution is -2.41. The van der Waals surface area contributed by atoms with Gasteiger partial charge in [0.05, 0.1) is 25.2 Å². The SMILES string of the molecule is CCCCCOC(=O)Oc1ccc(C(C(C)COC(=O)C(C)(C)CC)[C@H](N)C(=O)O)cc1OC(=O)OCCCCC. The Balaban J connectivity index is 3.28. The first-order chi connectivity index (χ1) is 19.4. The van der Waals surface area contributed by atoms with Gasteiger partial charge in [-0.15, -0.1) is 0 Å². The summed E-state index contributed by atoms with van der Waals surface area (Å²) in [7, 11) is 0. The molecular formula is C30H47NO10. The fourth-order valence-corrected chi connectivity index (χ4v) is 3.84. The summed E-state index contributed by atoms with van der Waals surface area (Å²) in [4.78, 5) is 49.2. The van der Waals surface area contributed by atoms with Crippen molar-refractivity contribution in [3.05, 3.63) is 23.8 Å². The number of hydrogen-bond donors (Lipinski definition) is 2. The zero-order valence-corrected chi connectivity index (χ0v) is 25.2. The molecule has 0 aliphatic rings. The van der Waals surface area contributed by atoms with Crippen molar-refractivity contribution in [3.63, 3.8) is 0 Å². The van der Waals surface area contributed by atoms with E-state index in [-0.39, 0.29) is 31.3 Å². The molecule has 0 saturated carbocycles. The predicted octanol–water partition coefficient (Wildman–Crippen LogP) is 6.21. The highest BCUT2D eigenvalue weighted by atomic mass is 16.7. The summed E-state index contributed by atoms with van der Waals surface area (Å²) in [5.74, 6) is -3.37. The summed E-state index contributed by atoms with van der Waals surface area (Å²) in [6.45, 7) is 11.4. The van der Waals surface area contributed by atoms with Crippen molar-refractivity contribution in [2.24, 2.45) is 17.1 Å². The molecule has 0 aromatic heterocycles. The Morgan fingerprint density at radius 3 is 1.88 bits per heavy atom. The molecular weight excluding hydrogens is 534 g/mol. The van der Waals surface area contributed by atoms with Gasteiger partial charge >= 0.3 is 24.2 Å². The quantitative estimate of drug-likeness (QED) is 0.0877. The molecule has 1 aromatic rings. The minimum absolute atomic E-state index is 0.0914. The second-order valence-corrected chi connectivity index (χ2v) is 10.7. The van der Waals surface area contributed by atoms with E-state index in [1.54, 1.807) is 20.8 Å². The molecule has 3 atom stereocenters. The highest BCUT2D eigenvalue weighted by Gasteiger charge is 2.34. The van der Waals surface area contributed by atoms with E-state index in [9.17, 15) is 24.3 Å². The molecule has 2 unspecified atom stereocenters. The Labute approximate surface area is 243 Å². The summed E-state index contributed by atoms with van der Waals surface area (Å²) >= 11 is 0. The molecule has 0 radical (unpaired) electrons. The van der Waals surface area contributed by atoms with Gasteiger partial charge in [0, 0.05) is 5.92 Å². The maximum absolute atomic E-state index is 12.5. The molecule has 1 rings (SSSR count). The third kappa shape index (κ3) is 12.4. The molecule has 11 heteroatoms. The maximum Gasteiger partial charge on any atom is 0.513 e. The topological polar surface area (TPSA) is 161 Å². The first kappa shape index (κ1) is 35.7. The number of benzene rings is 1. The van der Waals surface area contributed by atoms with E-state index in [0.717, 1.165) is 25.7 Å². The van der Waals surface area contributed by atoms with E-state index in [1.807, 2.05) is 20.8 Å². The van der Waals surface area contributed by atoms with Gasteiger partial charge in [-0.3, -0.25) is 9.59 Å². The molecule has 11 nitrogen and oxygen atoms in total. The summed E-state index contributed by atoms with van der Waals surface area (Å²) in [6, 6.07) is 2.87. The molecule has 0 bridgehead atoms. The summed E-state index contributed by atoms with van der Waals surface area (Å²) in [5, 5.41) is 9.73. The maximum atomic E-state index is 12.5. The van der Waals surface area contributed by atoms with E-state index >= 15 is 0 Å². The smallest absolute Gasteiger partial charge is 0.480 e. The second-order valence-electron chi connectivity index (χ2n) is 10.7. The lowest BCUT2D eigenvalue weighted by atomic mass is 9.81. The van der Waals surface area contributed by atoms with Crippen LogP contribution in [0.25, 0.3) is 0 Å². The second kappa shape index (κ2) is 18.2. The molecule has 0 aliphatic heterocycles. The summed E-state index contributed by atoms with van der Waals surface area (Å²) in [5.41, 5.74) is 5.75. The van der Waals surface area contributed by atoms with Crippen molar-refractivity contribution in [1.82, 2.24) is 0 Å². The molecule has 232 valence electrons. The van der Waals surface area contributed by atoms with Crippen molar-refractivity contribution in [3.8, 4) is 11.5 Å². The fraction of sp³-hybridized carbons (Fsp3) is 0.667. The van der Waals surface area contributed by atoms with Crippen LogP contribution in [-0.4, -0.2) is 55.2 Å². The zero-order valence-electron chi connectivity index (χ0n) is 25.2. The third-order valence-electron chi connectivity index (χ3n) is 6.87. The van der Waals surface area contributed by atoms with Crippen LogP contribution in [-0.2, 0) is 23.8 Å². The van der Waals surface area contributed by atoms with Crippen molar-refractivity contribution in [2.75, 3.05) is 19.8 Å². The first-order valence-corrected chi connectivity index (χ1v) is 14.4. The number of ether oxygens (including phenoxy) is 5. The van der Waals surface area contributed by atoms with Crippen molar-refractivity contribution >= 4 is 24.2 Å². The van der Waals surface area contributed by atoms with Gasteiger partial charge in [-0.2, -0.15) is 0 Å². The Bertz CT molecular complexity index is 993. The Morgan fingerprint density at radius 1 is 0.854 bits per heavy atom. The van der Waals surface area contributed by atoms with E-state index in [4.69, 9.17) is 29.4 Å². The number of carboxylic acid groups (broad SMARTS) is 1. The Kier molecular flexibility index (Phi) is 15.8. The van der Waals surface area contributed by atoms with Gasteiger partial charge < -0.3 is 34.5 Å². The first-order valence-electron chi connectivity index (χ1n) is 14.4. The van der Waals surface area contributed by atoms with Crippen LogP contribution in [0.4, 0.5) is 9.59 Å². The number of hydrogen-bond acceptors (Lipinski definition) is 10. The number of unbranched alkanes of at least 4 members (excludes halogenated alkanes) is 4. The summed E-state index contributed by atoms with van der Waals surface area (Å²) in [6.07, 6.45) is 3.54. The van der Waals surface area contributed by atoms with Gasteiger partial charge in [-0.1, -0.05) is 59.4 Å². The van der Waals surface area contributed by atoms with Gasteiger partial charge in [0.15, 0.2) is 11.5 Å². The number of rotatable bonds is 18. The molecule has 0 aliphatic carbocycles. The minimum atomic E-state index is -1.38. The van der Waals surface area contributed by atoms with Crippen LogP contribution in [0.3, 0.4) is 0 Å². The standard InChI is InChI=1S/C30H47NO10/c1-7-10-12-16-37-28(35)40-22-15-14-21(18-23(22)41-29(36)38-17-13-11-8-2)24(25(31)26(32)33)20(4)19-39-27(34)30(5,6)9-3/h14-15,18,20,24-25H,7-13,16-17,19,31H2,1-6H3,(H,32,33)/t20?,24?,25-/m0/s1. The highest BCUT2D eigenvalue weighted by molar-refractivity contribution is 5.76. The van der Waals surface area contributed by atoms with Gasteiger partial charge in [0.2, 0.25) is 0 Å². The lowest BCUT2D eigenvalue weighted by molar-refractivity contribution is -0.155. The molecule has 0 saturated heterocycles. The predicted molar refractivity (Wildman–Crippen MR) is 152 cm³/mol.